The summed E-state index contributed by atoms with van der Waals surface area (Å²) in [6, 6.07) is 9.60. The number of hydrogen-bond acceptors (Lipinski definition) is 4. The normalized spacial score (nSPS) is 14.0. The zero-order valence-corrected chi connectivity index (χ0v) is 16.4. The molecular weight excluding hydrogens is 409 g/mol. The van der Waals surface area contributed by atoms with Crippen molar-refractivity contribution in [3.8, 4) is 5.75 Å². The second-order valence-electron chi connectivity index (χ2n) is 6.45. The molecule has 0 aliphatic carbocycles. The molecule has 23 heavy (non-hydrogen) atoms. The van der Waals surface area contributed by atoms with Crippen molar-refractivity contribution < 1.29 is 19.0 Å². The Morgan fingerprint density at radius 3 is 2.35 bits per heavy atom. The van der Waals surface area contributed by atoms with E-state index in [1.807, 2.05) is 58.0 Å². The van der Waals surface area contributed by atoms with Gasteiger partial charge in [0.2, 0.25) is 0 Å². The van der Waals surface area contributed by atoms with Gasteiger partial charge in [0.1, 0.15) is 18.0 Å². The van der Waals surface area contributed by atoms with Crippen LogP contribution in [0.15, 0.2) is 30.3 Å². The second kappa shape index (κ2) is 9.32. The number of halogens is 1. The van der Waals surface area contributed by atoms with Gasteiger partial charge < -0.3 is 19.5 Å². The molecule has 0 bridgehead atoms. The lowest BCUT2D eigenvalue weighted by molar-refractivity contribution is -0.0251. The fourth-order valence-electron chi connectivity index (χ4n) is 1.67. The Labute approximate surface area is 152 Å². The molecule has 0 aliphatic rings. The van der Waals surface area contributed by atoms with E-state index in [2.05, 4.69) is 27.9 Å². The molecule has 0 heterocycles. The molecule has 6 heteroatoms. The molecule has 1 aromatic rings. The number of nitrogens with one attached hydrogen (secondary N) is 1. The van der Waals surface area contributed by atoms with Crippen molar-refractivity contribution in [2.24, 2.45) is 0 Å². The minimum Gasteiger partial charge on any atom is -0.491 e. The lowest BCUT2D eigenvalue weighted by Crippen LogP contribution is -2.46. The summed E-state index contributed by atoms with van der Waals surface area (Å²) in [5, 5.41) is 2.76. The number of hydrogen-bond donors (Lipinski definition) is 1. The third kappa shape index (κ3) is 9.00. The van der Waals surface area contributed by atoms with E-state index >= 15 is 0 Å². The minimum atomic E-state index is -0.505. The van der Waals surface area contributed by atoms with E-state index in [0.29, 0.717) is 19.8 Å². The molecule has 1 aromatic carbocycles. The van der Waals surface area contributed by atoms with Gasteiger partial charge in [-0.05, 0) is 39.8 Å². The predicted octanol–water partition coefficient (Wildman–Crippen LogP) is 3.80. The summed E-state index contributed by atoms with van der Waals surface area (Å²) in [6.07, 6.45) is -0.433. The van der Waals surface area contributed by atoms with Crippen molar-refractivity contribution in [1.82, 2.24) is 5.32 Å². The highest BCUT2D eigenvalue weighted by Gasteiger charge is 2.26. The SMILES string of the molecule is CC(C)(C)OC(=O)NCC(C)(CI)OCCOc1ccccc1. The van der Waals surface area contributed by atoms with Gasteiger partial charge in [0.25, 0.3) is 0 Å². The van der Waals surface area contributed by atoms with Crippen LogP contribution in [0.25, 0.3) is 0 Å². The van der Waals surface area contributed by atoms with Gasteiger partial charge in [-0.15, -0.1) is 0 Å². The Morgan fingerprint density at radius 2 is 1.78 bits per heavy atom. The summed E-state index contributed by atoms with van der Waals surface area (Å²) < 4.78 is 17.4. The van der Waals surface area contributed by atoms with Gasteiger partial charge in [-0.1, -0.05) is 40.8 Å². The molecule has 1 N–H and O–H groups in total. The number of amides is 1. The van der Waals surface area contributed by atoms with Gasteiger partial charge in [0, 0.05) is 4.43 Å². The number of carbonyl (C=O) groups is 1. The van der Waals surface area contributed by atoms with E-state index in [1.54, 1.807) is 0 Å². The average Bonchev–Trinajstić information content (AvgIpc) is 2.49. The van der Waals surface area contributed by atoms with E-state index in [-0.39, 0.29) is 0 Å². The lowest BCUT2D eigenvalue weighted by atomic mass is 10.1. The molecule has 130 valence electrons. The molecule has 1 amide bonds. The molecule has 0 spiro atoms. The van der Waals surface area contributed by atoms with Crippen LogP contribution in [0.1, 0.15) is 27.7 Å². The Morgan fingerprint density at radius 1 is 1.13 bits per heavy atom. The van der Waals surface area contributed by atoms with E-state index in [1.165, 1.54) is 0 Å². The Hall–Kier alpha value is -1.02. The maximum absolute atomic E-state index is 11.7. The molecular formula is C17H26INO4. The Bertz CT molecular complexity index is 475. The van der Waals surface area contributed by atoms with Gasteiger partial charge in [-0.25, -0.2) is 4.79 Å². The van der Waals surface area contributed by atoms with Crippen molar-refractivity contribution >= 4 is 28.7 Å². The molecule has 0 saturated carbocycles. The third-order valence-corrected chi connectivity index (χ3v) is 4.45. The fraction of sp³-hybridized carbons (Fsp3) is 0.588. The summed E-state index contributed by atoms with van der Waals surface area (Å²) in [5.41, 5.74) is -0.966. The van der Waals surface area contributed by atoms with E-state index < -0.39 is 17.3 Å². The molecule has 0 aliphatic heterocycles. The zero-order valence-electron chi connectivity index (χ0n) is 14.2. The summed E-state index contributed by atoms with van der Waals surface area (Å²) in [6.45, 7) is 8.76. The van der Waals surface area contributed by atoms with Gasteiger partial charge in [0.15, 0.2) is 0 Å². The van der Waals surface area contributed by atoms with Gasteiger partial charge >= 0.3 is 6.09 Å². The summed E-state index contributed by atoms with van der Waals surface area (Å²) >= 11 is 2.25. The van der Waals surface area contributed by atoms with Crippen LogP contribution in [0.5, 0.6) is 5.75 Å². The van der Waals surface area contributed by atoms with E-state index in [4.69, 9.17) is 14.2 Å². The highest BCUT2D eigenvalue weighted by atomic mass is 127. The van der Waals surface area contributed by atoms with Crippen molar-refractivity contribution in [2.75, 3.05) is 24.2 Å². The monoisotopic (exact) mass is 435 g/mol. The molecule has 1 rings (SSSR count). The number of benzene rings is 1. The first kappa shape index (κ1) is 20.0. The van der Waals surface area contributed by atoms with Crippen LogP contribution in [0.2, 0.25) is 0 Å². The topological polar surface area (TPSA) is 56.8 Å². The maximum atomic E-state index is 11.7. The summed E-state index contributed by atoms with van der Waals surface area (Å²) in [4.78, 5) is 11.7. The molecule has 0 aromatic heterocycles. The minimum absolute atomic E-state index is 0.385. The summed E-state index contributed by atoms with van der Waals surface area (Å²) in [7, 11) is 0. The molecule has 1 atom stereocenters. The number of para-hydroxylation sites is 1. The van der Waals surface area contributed by atoms with Gasteiger partial charge in [-0.3, -0.25) is 0 Å². The first-order chi connectivity index (χ1) is 10.7. The first-order valence-corrected chi connectivity index (χ1v) is 9.11. The zero-order chi connectivity index (χ0) is 17.3. The van der Waals surface area contributed by atoms with Crippen LogP contribution in [-0.2, 0) is 9.47 Å². The van der Waals surface area contributed by atoms with E-state index in [9.17, 15) is 4.79 Å². The van der Waals surface area contributed by atoms with Crippen LogP contribution in [0.3, 0.4) is 0 Å². The highest BCUT2D eigenvalue weighted by Crippen LogP contribution is 2.15. The molecule has 0 fully saturated rings. The number of ether oxygens (including phenoxy) is 3. The first-order valence-electron chi connectivity index (χ1n) is 7.59. The Kier molecular flexibility index (Phi) is 8.11. The van der Waals surface area contributed by atoms with Crippen LogP contribution >= 0.6 is 22.6 Å². The van der Waals surface area contributed by atoms with Gasteiger partial charge in [0.05, 0.1) is 18.8 Å². The quantitative estimate of drug-likeness (QED) is 0.384. The van der Waals surface area contributed by atoms with Crippen LogP contribution in [0.4, 0.5) is 4.79 Å². The second-order valence-corrected chi connectivity index (χ2v) is 7.21. The van der Waals surface area contributed by atoms with Crippen molar-refractivity contribution in [3.63, 3.8) is 0 Å². The highest BCUT2D eigenvalue weighted by molar-refractivity contribution is 14.1. The van der Waals surface area contributed by atoms with Crippen molar-refractivity contribution in [3.05, 3.63) is 30.3 Å². The largest absolute Gasteiger partial charge is 0.491 e. The predicted molar refractivity (Wildman–Crippen MR) is 99.4 cm³/mol. The van der Waals surface area contributed by atoms with Crippen LogP contribution in [-0.4, -0.2) is 41.5 Å². The van der Waals surface area contributed by atoms with Crippen LogP contribution in [0, 0.1) is 0 Å². The molecule has 1 unspecified atom stereocenters. The van der Waals surface area contributed by atoms with Crippen molar-refractivity contribution in [2.45, 2.75) is 38.9 Å². The van der Waals surface area contributed by atoms with E-state index in [0.717, 1.165) is 10.2 Å². The molecule has 5 nitrogen and oxygen atoms in total. The Balaban J connectivity index is 2.31. The average molecular weight is 435 g/mol. The van der Waals surface area contributed by atoms with Crippen molar-refractivity contribution in [1.29, 1.82) is 0 Å². The third-order valence-electron chi connectivity index (χ3n) is 2.83. The van der Waals surface area contributed by atoms with Crippen LogP contribution < -0.4 is 10.1 Å². The molecule has 0 saturated heterocycles. The van der Waals surface area contributed by atoms with Gasteiger partial charge in [-0.2, -0.15) is 0 Å². The lowest BCUT2D eigenvalue weighted by Gasteiger charge is -2.29. The number of rotatable bonds is 8. The number of alkyl halides is 1. The number of carbonyl (C=O) groups excluding carboxylic acids is 1. The number of alkyl carbamates (subject to hydrolysis) is 1. The fourth-order valence-corrected chi connectivity index (χ4v) is 2.16. The summed E-state index contributed by atoms with van der Waals surface area (Å²) in [5.74, 6) is 0.819. The smallest absolute Gasteiger partial charge is 0.407 e. The standard InChI is InChI=1S/C17H26INO4/c1-16(2,3)23-15(20)19-13-17(4,12-18)22-11-10-21-14-8-6-5-7-9-14/h5-9H,10-13H2,1-4H3,(H,19,20). The maximum Gasteiger partial charge on any atom is 0.407 e. The molecule has 0 radical (unpaired) electrons.